The van der Waals surface area contributed by atoms with E-state index in [4.69, 9.17) is 4.74 Å². The molecule has 0 saturated heterocycles. The molecule has 18 heavy (non-hydrogen) atoms. The summed E-state index contributed by atoms with van der Waals surface area (Å²) in [6.45, 7) is 8.88. The van der Waals surface area contributed by atoms with Gasteiger partial charge in [-0.25, -0.2) is 0 Å². The van der Waals surface area contributed by atoms with Gasteiger partial charge in [0.15, 0.2) is 5.78 Å². The third-order valence-corrected chi connectivity index (χ3v) is 3.07. The molecule has 0 spiro atoms. The Labute approximate surface area is 110 Å². The Balaban J connectivity index is 2.81. The molecule has 0 amide bonds. The molecule has 0 aromatic heterocycles. The second kappa shape index (κ2) is 7.32. The van der Waals surface area contributed by atoms with E-state index >= 15 is 0 Å². The highest BCUT2D eigenvalue weighted by Gasteiger charge is 2.19. The predicted molar refractivity (Wildman–Crippen MR) is 75.2 cm³/mol. The van der Waals surface area contributed by atoms with Crippen molar-refractivity contribution in [1.29, 1.82) is 0 Å². The standard InChI is InChI=1S/C16H24O2/c1-5-7-15(18-6-2)16(17)14-10-8-13(9-11-14)12(3)4/h8-12,15H,5-7H2,1-4H3. The van der Waals surface area contributed by atoms with Gasteiger partial charge in [0, 0.05) is 12.2 Å². The second-order valence-corrected chi connectivity index (χ2v) is 4.87. The van der Waals surface area contributed by atoms with Crippen molar-refractivity contribution in [1.82, 2.24) is 0 Å². The van der Waals surface area contributed by atoms with Crippen molar-refractivity contribution in [2.24, 2.45) is 0 Å². The van der Waals surface area contributed by atoms with Crippen LogP contribution in [-0.2, 0) is 4.74 Å². The van der Waals surface area contributed by atoms with Crippen LogP contribution in [0.25, 0.3) is 0 Å². The molecule has 0 radical (unpaired) electrons. The maximum atomic E-state index is 12.3. The molecule has 0 aliphatic heterocycles. The van der Waals surface area contributed by atoms with E-state index in [1.54, 1.807) is 0 Å². The van der Waals surface area contributed by atoms with E-state index in [1.165, 1.54) is 5.56 Å². The first-order valence-corrected chi connectivity index (χ1v) is 6.85. The summed E-state index contributed by atoms with van der Waals surface area (Å²) in [6.07, 6.45) is 1.46. The smallest absolute Gasteiger partial charge is 0.191 e. The van der Waals surface area contributed by atoms with E-state index < -0.39 is 0 Å². The summed E-state index contributed by atoms with van der Waals surface area (Å²) in [5.74, 6) is 0.599. The summed E-state index contributed by atoms with van der Waals surface area (Å²) in [6, 6.07) is 7.90. The molecule has 0 saturated carbocycles. The van der Waals surface area contributed by atoms with E-state index in [0.29, 0.717) is 12.5 Å². The van der Waals surface area contributed by atoms with E-state index in [0.717, 1.165) is 18.4 Å². The Hall–Kier alpha value is -1.15. The normalized spacial score (nSPS) is 12.7. The molecule has 1 atom stereocenters. The summed E-state index contributed by atoms with van der Waals surface area (Å²) < 4.78 is 5.53. The first-order chi connectivity index (χ1) is 8.60. The largest absolute Gasteiger partial charge is 0.370 e. The van der Waals surface area contributed by atoms with E-state index in [2.05, 4.69) is 20.8 Å². The number of carbonyl (C=O) groups is 1. The first-order valence-electron chi connectivity index (χ1n) is 6.85. The third kappa shape index (κ3) is 3.95. The molecule has 0 fully saturated rings. The number of benzene rings is 1. The first kappa shape index (κ1) is 14.9. The fourth-order valence-corrected chi connectivity index (χ4v) is 1.97. The van der Waals surface area contributed by atoms with Gasteiger partial charge in [0.1, 0.15) is 6.10 Å². The zero-order valence-electron chi connectivity index (χ0n) is 11.9. The van der Waals surface area contributed by atoms with Crippen LogP contribution in [0.3, 0.4) is 0 Å². The summed E-state index contributed by atoms with van der Waals surface area (Å²) in [5.41, 5.74) is 2.02. The molecule has 0 N–H and O–H groups in total. The fourth-order valence-electron chi connectivity index (χ4n) is 1.97. The summed E-state index contributed by atoms with van der Waals surface area (Å²) >= 11 is 0. The molecule has 100 valence electrons. The van der Waals surface area contributed by atoms with Crippen LogP contribution in [0.15, 0.2) is 24.3 Å². The molecular formula is C16H24O2. The van der Waals surface area contributed by atoms with E-state index in [-0.39, 0.29) is 11.9 Å². The molecule has 1 rings (SSSR count). The minimum absolute atomic E-state index is 0.106. The minimum Gasteiger partial charge on any atom is -0.370 e. The van der Waals surface area contributed by atoms with E-state index in [1.807, 2.05) is 31.2 Å². The van der Waals surface area contributed by atoms with Crippen molar-refractivity contribution in [3.63, 3.8) is 0 Å². The molecule has 1 aromatic rings. The van der Waals surface area contributed by atoms with Gasteiger partial charge >= 0.3 is 0 Å². The van der Waals surface area contributed by atoms with Crippen molar-refractivity contribution in [2.75, 3.05) is 6.61 Å². The van der Waals surface area contributed by atoms with Crippen LogP contribution in [0.4, 0.5) is 0 Å². The van der Waals surface area contributed by atoms with Crippen LogP contribution in [0.2, 0.25) is 0 Å². The number of Topliss-reactive ketones (excluding diaryl/α,β-unsaturated/α-hetero) is 1. The molecule has 1 aromatic carbocycles. The van der Waals surface area contributed by atoms with Crippen molar-refractivity contribution in [3.8, 4) is 0 Å². The summed E-state index contributed by atoms with van der Waals surface area (Å²) in [4.78, 5) is 12.3. The Morgan fingerprint density at radius 2 is 1.78 bits per heavy atom. The Morgan fingerprint density at radius 3 is 2.22 bits per heavy atom. The van der Waals surface area contributed by atoms with Crippen LogP contribution < -0.4 is 0 Å². The van der Waals surface area contributed by atoms with Gasteiger partial charge in [-0.05, 0) is 24.8 Å². The van der Waals surface area contributed by atoms with Gasteiger partial charge in [-0.3, -0.25) is 4.79 Å². The number of ether oxygens (including phenoxy) is 1. The molecule has 0 aliphatic carbocycles. The topological polar surface area (TPSA) is 26.3 Å². The van der Waals surface area contributed by atoms with Gasteiger partial charge < -0.3 is 4.74 Å². The SMILES string of the molecule is CCCC(OCC)C(=O)c1ccc(C(C)C)cc1. The lowest BCUT2D eigenvalue weighted by Crippen LogP contribution is -2.24. The Morgan fingerprint density at radius 1 is 1.17 bits per heavy atom. The van der Waals surface area contributed by atoms with Gasteiger partial charge in [0.25, 0.3) is 0 Å². The molecule has 2 nitrogen and oxygen atoms in total. The van der Waals surface area contributed by atoms with Crippen molar-refractivity contribution < 1.29 is 9.53 Å². The summed E-state index contributed by atoms with van der Waals surface area (Å²) in [7, 11) is 0. The minimum atomic E-state index is -0.287. The summed E-state index contributed by atoms with van der Waals surface area (Å²) in [5, 5.41) is 0. The van der Waals surface area contributed by atoms with Crippen LogP contribution in [0.5, 0.6) is 0 Å². The average molecular weight is 248 g/mol. The molecule has 0 bridgehead atoms. The third-order valence-electron chi connectivity index (χ3n) is 3.07. The molecule has 0 aliphatic rings. The van der Waals surface area contributed by atoms with Gasteiger partial charge in [-0.2, -0.15) is 0 Å². The van der Waals surface area contributed by atoms with Crippen molar-refractivity contribution in [3.05, 3.63) is 35.4 Å². The highest BCUT2D eigenvalue weighted by atomic mass is 16.5. The van der Waals surface area contributed by atoms with Gasteiger partial charge in [0.2, 0.25) is 0 Å². The van der Waals surface area contributed by atoms with Crippen LogP contribution in [0, 0.1) is 0 Å². The number of hydrogen-bond acceptors (Lipinski definition) is 2. The lowest BCUT2D eigenvalue weighted by molar-refractivity contribution is 0.0423. The fraction of sp³-hybridized carbons (Fsp3) is 0.562. The number of carbonyl (C=O) groups excluding carboxylic acids is 1. The van der Waals surface area contributed by atoms with Crippen molar-refractivity contribution >= 4 is 5.78 Å². The number of ketones is 1. The number of rotatable bonds is 7. The van der Waals surface area contributed by atoms with Crippen LogP contribution >= 0.6 is 0 Å². The van der Waals surface area contributed by atoms with Crippen LogP contribution in [-0.4, -0.2) is 18.5 Å². The highest BCUT2D eigenvalue weighted by Crippen LogP contribution is 2.17. The van der Waals surface area contributed by atoms with Gasteiger partial charge in [-0.1, -0.05) is 51.5 Å². The average Bonchev–Trinajstić information content (AvgIpc) is 2.38. The van der Waals surface area contributed by atoms with Gasteiger partial charge in [0.05, 0.1) is 0 Å². The highest BCUT2D eigenvalue weighted by molar-refractivity contribution is 5.99. The molecular weight excluding hydrogens is 224 g/mol. The lowest BCUT2D eigenvalue weighted by Gasteiger charge is -2.15. The zero-order valence-corrected chi connectivity index (χ0v) is 11.9. The molecule has 0 heterocycles. The number of hydrogen-bond donors (Lipinski definition) is 0. The lowest BCUT2D eigenvalue weighted by atomic mass is 9.98. The Kier molecular flexibility index (Phi) is 6.06. The maximum Gasteiger partial charge on any atom is 0.191 e. The quantitative estimate of drug-likeness (QED) is 0.676. The maximum absolute atomic E-state index is 12.3. The molecule has 2 heteroatoms. The van der Waals surface area contributed by atoms with E-state index in [9.17, 15) is 4.79 Å². The van der Waals surface area contributed by atoms with Crippen LogP contribution in [0.1, 0.15) is 62.4 Å². The zero-order chi connectivity index (χ0) is 13.5. The monoisotopic (exact) mass is 248 g/mol. The molecule has 1 unspecified atom stereocenters. The van der Waals surface area contributed by atoms with Crippen molar-refractivity contribution in [2.45, 2.75) is 52.6 Å². The second-order valence-electron chi connectivity index (χ2n) is 4.87. The predicted octanol–water partition coefficient (Wildman–Crippen LogP) is 4.20. The van der Waals surface area contributed by atoms with Gasteiger partial charge in [-0.15, -0.1) is 0 Å². The Bertz CT molecular complexity index is 359.